The summed E-state index contributed by atoms with van der Waals surface area (Å²) in [5.41, 5.74) is 0.336. The van der Waals surface area contributed by atoms with Gasteiger partial charge in [0.25, 0.3) is 5.91 Å². The Hall–Kier alpha value is -4.18. The van der Waals surface area contributed by atoms with Crippen molar-refractivity contribution in [3.8, 4) is 11.5 Å². The van der Waals surface area contributed by atoms with E-state index in [0.717, 1.165) is 6.07 Å². The number of benzene rings is 2. The molecule has 0 fully saturated rings. The van der Waals surface area contributed by atoms with Crippen molar-refractivity contribution in [1.82, 2.24) is 15.2 Å². The maximum absolute atomic E-state index is 13.6. The molecule has 10 heteroatoms. The van der Waals surface area contributed by atoms with Crippen molar-refractivity contribution < 1.29 is 27.5 Å². The molecule has 0 spiro atoms. The summed E-state index contributed by atoms with van der Waals surface area (Å²) >= 11 is 0. The van der Waals surface area contributed by atoms with E-state index in [1.165, 1.54) is 43.6 Å². The van der Waals surface area contributed by atoms with Gasteiger partial charge in [0.1, 0.15) is 17.2 Å². The average molecular weight is 527 g/mol. The fourth-order valence-electron chi connectivity index (χ4n) is 3.62. The first kappa shape index (κ1) is 28.4. The second-order valence-electron chi connectivity index (χ2n) is 8.73. The molecule has 7 nitrogen and oxygen atoms in total. The third-order valence-corrected chi connectivity index (χ3v) is 5.45. The standard InChI is InChI=1S/C28H29F3N4O3/c1-32-27(37)25-18-23(13-14-33-25)38-22-8-4-6-19(16-22)9-12-26(36)34-21-11-10-20(7-5-15-35(2)3)24(17-21)28(29,30)31/h4,6,8-14,16-18H,5,7,15H2,1-3H3,(H,32,37)(H,34,36)/b12-9+. The quantitative estimate of drug-likeness (QED) is 0.346. The number of anilines is 1. The molecule has 0 aliphatic carbocycles. The second-order valence-corrected chi connectivity index (χ2v) is 8.73. The zero-order valence-corrected chi connectivity index (χ0v) is 21.3. The van der Waals surface area contributed by atoms with Crippen molar-refractivity contribution in [2.24, 2.45) is 0 Å². The zero-order chi connectivity index (χ0) is 27.7. The molecule has 3 aromatic rings. The SMILES string of the molecule is CNC(=O)c1cc(Oc2cccc(/C=C/C(=O)Nc3ccc(CCCN(C)C)c(C(F)(F)F)c3)c2)ccn1. The van der Waals surface area contributed by atoms with Gasteiger partial charge in [-0.2, -0.15) is 13.2 Å². The number of carbonyl (C=O) groups is 2. The lowest BCUT2D eigenvalue weighted by molar-refractivity contribution is -0.138. The number of halogens is 3. The highest BCUT2D eigenvalue weighted by atomic mass is 19.4. The van der Waals surface area contributed by atoms with Gasteiger partial charge in [-0.15, -0.1) is 0 Å². The van der Waals surface area contributed by atoms with Gasteiger partial charge in [0.2, 0.25) is 5.91 Å². The lowest BCUT2D eigenvalue weighted by Crippen LogP contribution is -2.18. The number of amides is 2. The lowest BCUT2D eigenvalue weighted by Gasteiger charge is -2.16. The van der Waals surface area contributed by atoms with Gasteiger partial charge >= 0.3 is 6.18 Å². The molecule has 0 bridgehead atoms. The van der Waals surface area contributed by atoms with Gasteiger partial charge in [-0.05, 0) is 81.0 Å². The molecule has 2 N–H and O–H groups in total. The number of aromatic nitrogens is 1. The van der Waals surface area contributed by atoms with Gasteiger partial charge in [-0.25, -0.2) is 0 Å². The Labute approximate surface area is 219 Å². The van der Waals surface area contributed by atoms with Crippen molar-refractivity contribution in [3.63, 3.8) is 0 Å². The Kier molecular flexibility index (Phi) is 9.61. The first-order valence-electron chi connectivity index (χ1n) is 11.8. The number of carbonyl (C=O) groups excluding carboxylic acids is 2. The normalized spacial score (nSPS) is 11.6. The summed E-state index contributed by atoms with van der Waals surface area (Å²) in [7, 11) is 5.23. The summed E-state index contributed by atoms with van der Waals surface area (Å²) in [5.74, 6) is -0.0574. The molecule has 2 amide bonds. The van der Waals surface area contributed by atoms with Gasteiger partial charge in [0, 0.05) is 31.1 Å². The van der Waals surface area contributed by atoms with E-state index in [9.17, 15) is 22.8 Å². The van der Waals surface area contributed by atoms with Crippen LogP contribution < -0.4 is 15.4 Å². The molecule has 1 heterocycles. The third-order valence-electron chi connectivity index (χ3n) is 5.45. The Bertz CT molecular complexity index is 1310. The summed E-state index contributed by atoms with van der Waals surface area (Å²) in [6.45, 7) is 0.673. The number of aryl methyl sites for hydroxylation is 1. The number of alkyl halides is 3. The van der Waals surface area contributed by atoms with Crippen LogP contribution >= 0.6 is 0 Å². The topological polar surface area (TPSA) is 83.6 Å². The van der Waals surface area contributed by atoms with Crippen LogP contribution in [0.4, 0.5) is 18.9 Å². The minimum Gasteiger partial charge on any atom is -0.457 e. The van der Waals surface area contributed by atoms with Crippen LogP contribution in [0.1, 0.15) is 33.6 Å². The molecule has 0 atom stereocenters. The molecule has 1 aromatic heterocycles. The summed E-state index contributed by atoms with van der Waals surface area (Å²) in [6.07, 6.45) is 0.545. The van der Waals surface area contributed by atoms with Crippen molar-refractivity contribution >= 4 is 23.6 Å². The van der Waals surface area contributed by atoms with E-state index >= 15 is 0 Å². The van der Waals surface area contributed by atoms with E-state index in [0.29, 0.717) is 30.0 Å². The molecule has 0 aliphatic heterocycles. The smallest absolute Gasteiger partial charge is 0.416 e. The lowest BCUT2D eigenvalue weighted by atomic mass is 10.0. The van der Waals surface area contributed by atoms with Gasteiger partial charge in [-0.1, -0.05) is 18.2 Å². The van der Waals surface area contributed by atoms with Gasteiger partial charge < -0.3 is 20.3 Å². The first-order valence-corrected chi connectivity index (χ1v) is 11.8. The molecular formula is C28H29F3N4O3. The molecule has 38 heavy (non-hydrogen) atoms. The van der Waals surface area contributed by atoms with Crippen LogP contribution in [0.3, 0.4) is 0 Å². The highest BCUT2D eigenvalue weighted by Gasteiger charge is 2.33. The van der Waals surface area contributed by atoms with Crippen LogP contribution in [0.5, 0.6) is 11.5 Å². The highest BCUT2D eigenvalue weighted by molar-refractivity contribution is 6.02. The first-order chi connectivity index (χ1) is 18.0. The van der Waals surface area contributed by atoms with E-state index in [1.54, 1.807) is 30.3 Å². The molecule has 0 saturated carbocycles. The van der Waals surface area contributed by atoms with Gasteiger partial charge in [0.15, 0.2) is 0 Å². The maximum Gasteiger partial charge on any atom is 0.416 e. The molecule has 0 saturated heterocycles. The largest absolute Gasteiger partial charge is 0.457 e. The summed E-state index contributed by atoms with van der Waals surface area (Å²) < 4.78 is 46.7. The van der Waals surface area contributed by atoms with E-state index < -0.39 is 17.6 Å². The van der Waals surface area contributed by atoms with Crippen molar-refractivity contribution in [3.05, 3.63) is 89.3 Å². The van der Waals surface area contributed by atoms with Crippen molar-refractivity contribution in [2.45, 2.75) is 19.0 Å². The Morgan fingerprint density at radius 1 is 1.05 bits per heavy atom. The molecular weight excluding hydrogens is 497 g/mol. The van der Waals surface area contributed by atoms with E-state index in [-0.39, 0.29) is 29.3 Å². The third kappa shape index (κ3) is 8.45. The number of nitrogens with zero attached hydrogens (tertiary/aromatic N) is 2. The van der Waals surface area contributed by atoms with Gasteiger partial charge in [-0.3, -0.25) is 14.6 Å². The molecule has 0 aliphatic rings. The van der Waals surface area contributed by atoms with Gasteiger partial charge in [0.05, 0.1) is 5.56 Å². The summed E-state index contributed by atoms with van der Waals surface area (Å²) in [5, 5.41) is 4.98. The maximum atomic E-state index is 13.6. The fourth-order valence-corrected chi connectivity index (χ4v) is 3.62. The number of hydrogen-bond acceptors (Lipinski definition) is 5. The minimum absolute atomic E-state index is 0.0602. The summed E-state index contributed by atoms with van der Waals surface area (Å²) in [4.78, 5) is 30.1. The van der Waals surface area contributed by atoms with Crippen LogP contribution in [0.2, 0.25) is 0 Å². The number of rotatable bonds is 10. The molecule has 0 radical (unpaired) electrons. The van der Waals surface area contributed by atoms with E-state index in [2.05, 4.69) is 15.6 Å². The number of ether oxygens (including phenoxy) is 1. The highest BCUT2D eigenvalue weighted by Crippen LogP contribution is 2.34. The fraction of sp³-hybridized carbons (Fsp3) is 0.250. The monoisotopic (exact) mass is 526 g/mol. The van der Waals surface area contributed by atoms with Crippen LogP contribution in [-0.4, -0.2) is 49.4 Å². The average Bonchev–Trinajstić information content (AvgIpc) is 2.87. The van der Waals surface area contributed by atoms with Crippen molar-refractivity contribution in [2.75, 3.05) is 33.0 Å². The molecule has 200 valence electrons. The Morgan fingerprint density at radius 3 is 2.53 bits per heavy atom. The second kappa shape index (κ2) is 12.9. The van der Waals surface area contributed by atoms with E-state index in [4.69, 9.17) is 4.74 Å². The zero-order valence-electron chi connectivity index (χ0n) is 21.3. The number of hydrogen-bond donors (Lipinski definition) is 2. The predicted octanol–water partition coefficient (Wildman–Crippen LogP) is 5.40. The Balaban J connectivity index is 1.67. The molecule has 0 unspecified atom stereocenters. The van der Waals surface area contributed by atoms with Crippen molar-refractivity contribution in [1.29, 1.82) is 0 Å². The number of pyridine rings is 1. The number of nitrogens with one attached hydrogen (secondary N) is 2. The predicted molar refractivity (Wildman–Crippen MR) is 140 cm³/mol. The Morgan fingerprint density at radius 2 is 1.82 bits per heavy atom. The van der Waals surface area contributed by atoms with E-state index in [1.807, 2.05) is 19.0 Å². The summed E-state index contributed by atoms with van der Waals surface area (Å²) in [6, 6.07) is 13.8. The minimum atomic E-state index is -4.53. The molecule has 2 aromatic carbocycles. The van der Waals surface area contributed by atoms with Crippen LogP contribution in [0.25, 0.3) is 6.08 Å². The van der Waals surface area contributed by atoms with Crippen LogP contribution in [0, 0.1) is 0 Å². The van der Waals surface area contributed by atoms with Crippen LogP contribution in [0.15, 0.2) is 66.9 Å². The molecule has 3 rings (SSSR count). The van der Waals surface area contributed by atoms with Crippen LogP contribution in [-0.2, 0) is 17.4 Å².